The van der Waals surface area contributed by atoms with Crippen LogP contribution in [-0.4, -0.2) is 55.6 Å². The number of likely N-dealkylation sites (N-methyl/N-ethyl adjacent to an activating group) is 1. The van der Waals surface area contributed by atoms with E-state index in [2.05, 4.69) is 16.8 Å². The molecule has 0 bridgehead atoms. The van der Waals surface area contributed by atoms with Crippen LogP contribution < -0.4 is 5.73 Å². The van der Waals surface area contributed by atoms with Gasteiger partial charge in [0.1, 0.15) is 0 Å². The molecule has 2 N–H and O–H groups in total. The van der Waals surface area contributed by atoms with Crippen molar-refractivity contribution < 1.29 is 0 Å². The molecule has 1 aliphatic carbocycles. The summed E-state index contributed by atoms with van der Waals surface area (Å²) in [6, 6.07) is 0.583. The minimum absolute atomic E-state index is 0.583. The second kappa shape index (κ2) is 5.28. The Morgan fingerprint density at radius 2 is 1.93 bits per heavy atom. The summed E-state index contributed by atoms with van der Waals surface area (Å²) in [5.41, 5.74) is 5.80. The molecule has 2 rings (SSSR count). The second-order valence-corrected chi connectivity index (χ2v) is 5.28. The first kappa shape index (κ1) is 11.4. The van der Waals surface area contributed by atoms with Crippen LogP contribution in [0.2, 0.25) is 0 Å². The minimum atomic E-state index is 0.583. The Morgan fingerprint density at radius 1 is 1.20 bits per heavy atom. The number of hydrogen-bond donors (Lipinski definition) is 1. The summed E-state index contributed by atoms with van der Waals surface area (Å²) in [5, 5.41) is 0. The summed E-state index contributed by atoms with van der Waals surface area (Å²) in [5.74, 6) is 0.979. The Hall–Kier alpha value is -0.120. The van der Waals surface area contributed by atoms with Crippen molar-refractivity contribution in [3.8, 4) is 0 Å². The highest BCUT2D eigenvalue weighted by Crippen LogP contribution is 2.26. The molecule has 1 heterocycles. The number of nitrogens with zero attached hydrogens (tertiary/aromatic N) is 2. The van der Waals surface area contributed by atoms with E-state index in [-0.39, 0.29) is 0 Å². The van der Waals surface area contributed by atoms with Crippen molar-refractivity contribution in [2.75, 3.05) is 39.8 Å². The predicted octanol–water partition coefficient (Wildman–Crippen LogP) is 0.751. The van der Waals surface area contributed by atoms with Crippen LogP contribution in [-0.2, 0) is 0 Å². The zero-order valence-corrected chi connectivity index (χ0v) is 9.99. The monoisotopic (exact) mass is 211 g/mol. The summed E-state index contributed by atoms with van der Waals surface area (Å²) >= 11 is 0. The van der Waals surface area contributed by atoms with Gasteiger partial charge in [-0.3, -0.25) is 4.90 Å². The van der Waals surface area contributed by atoms with Gasteiger partial charge in [-0.2, -0.15) is 0 Å². The molecule has 0 aromatic heterocycles. The Kier molecular flexibility index (Phi) is 4.00. The molecule has 0 aromatic rings. The lowest BCUT2D eigenvalue weighted by Gasteiger charge is -2.39. The van der Waals surface area contributed by atoms with Crippen molar-refractivity contribution in [1.82, 2.24) is 9.80 Å². The Morgan fingerprint density at radius 3 is 2.60 bits per heavy atom. The van der Waals surface area contributed by atoms with Gasteiger partial charge in [0.05, 0.1) is 0 Å². The molecule has 2 aliphatic rings. The third kappa shape index (κ3) is 2.92. The molecule has 15 heavy (non-hydrogen) atoms. The van der Waals surface area contributed by atoms with E-state index in [1.807, 2.05) is 0 Å². The summed E-state index contributed by atoms with van der Waals surface area (Å²) in [6.45, 7) is 5.74. The van der Waals surface area contributed by atoms with Crippen molar-refractivity contribution in [3.63, 3.8) is 0 Å². The van der Waals surface area contributed by atoms with Gasteiger partial charge in [-0.25, -0.2) is 0 Å². The molecular formula is C12H25N3. The lowest BCUT2D eigenvalue weighted by molar-refractivity contribution is 0.0880. The van der Waals surface area contributed by atoms with E-state index in [9.17, 15) is 0 Å². The van der Waals surface area contributed by atoms with E-state index in [1.54, 1.807) is 0 Å². The number of nitrogens with two attached hydrogens (primary N) is 1. The fourth-order valence-corrected chi connectivity index (χ4v) is 2.99. The average molecular weight is 211 g/mol. The molecule has 0 radical (unpaired) electrons. The molecule has 1 saturated heterocycles. The van der Waals surface area contributed by atoms with Crippen LogP contribution in [0, 0.1) is 5.92 Å². The van der Waals surface area contributed by atoms with Gasteiger partial charge in [0.2, 0.25) is 0 Å². The highest BCUT2D eigenvalue weighted by Gasteiger charge is 2.25. The standard InChI is InChI=1S/C12H25N3/c1-14-6-7-15(10-12(14)8-13)9-11-4-2-3-5-11/h11-12H,2-10,13H2,1H3. The largest absolute Gasteiger partial charge is 0.329 e. The predicted molar refractivity (Wildman–Crippen MR) is 63.9 cm³/mol. The zero-order valence-electron chi connectivity index (χ0n) is 9.99. The first-order valence-electron chi connectivity index (χ1n) is 6.42. The first-order valence-corrected chi connectivity index (χ1v) is 6.42. The normalized spacial score (nSPS) is 31.2. The summed E-state index contributed by atoms with van der Waals surface area (Å²) < 4.78 is 0. The molecular weight excluding hydrogens is 186 g/mol. The molecule has 0 spiro atoms. The highest BCUT2D eigenvalue weighted by atomic mass is 15.3. The van der Waals surface area contributed by atoms with Gasteiger partial charge >= 0.3 is 0 Å². The van der Waals surface area contributed by atoms with Crippen molar-refractivity contribution in [3.05, 3.63) is 0 Å². The minimum Gasteiger partial charge on any atom is -0.329 e. The van der Waals surface area contributed by atoms with Crippen LogP contribution in [0.5, 0.6) is 0 Å². The maximum absolute atomic E-state index is 5.80. The van der Waals surface area contributed by atoms with Crippen molar-refractivity contribution >= 4 is 0 Å². The van der Waals surface area contributed by atoms with Gasteiger partial charge in [-0.1, -0.05) is 12.8 Å². The van der Waals surface area contributed by atoms with E-state index in [0.717, 1.165) is 12.5 Å². The zero-order chi connectivity index (χ0) is 10.7. The summed E-state index contributed by atoms with van der Waals surface area (Å²) in [4.78, 5) is 5.04. The quantitative estimate of drug-likeness (QED) is 0.748. The smallest absolute Gasteiger partial charge is 0.0343 e. The van der Waals surface area contributed by atoms with Crippen molar-refractivity contribution in [2.24, 2.45) is 11.7 Å². The summed E-state index contributed by atoms with van der Waals surface area (Å²) in [6.07, 6.45) is 5.83. The van der Waals surface area contributed by atoms with Gasteiger partial charge in [0.25, 0.3) is 0 Å². The van der Waals surface area contributed by atoms with Gasteiger partial charge in [0, 0.05) is 38.8 Å². The molecule has 1 saturated carbocycles. The number of piperazine rings is 1. The average Bonchev–Trinajstić information content (AvgIpc) is 2.73. The summed E-state index contributed by atoms with van der Waals surface area (Å²) in [7, 11) is 2.20. The molecule has 0 amide bonds. The fraction of sp³-hybridized carbons (Fsp3) is 1.00. The van der Waals surface area contributed by atoms with Gasteiger partial charge < -0.3 is 10.6 Å². The molecule has 1 unspecified atom stereocenters. The lowest BCUT2D eigenvalue weighted by atomic mass is 10.1. The van der Waals surface area contributed by atoms with Crippen LogP contribution >= 0.6 is 0 Å². The van der Waals surface area contributed by atoms with Crippen LogP contribution in [0.1, 0.15) is 25.7 Å². The number of hydrogen-bond acceptors (Lipinski definition) is 3. The van der Waals surface area contributed by atoms with Gasteiger partial charge in [-0.15, -0.1) is 0 Å². The Labute approximate surface area is 93.6 Å². The molecule has 1 atom stereocenters. The van der Waals surface area contributed by atoms with Gasteiger partial charge in [0.15, 0.2) is 0 Å². The third-order valence-electron chi connectivity index (χ3n) is 4.12. The molecule has 3 nitrogen and oxygen atoms in total. The molecule has 0 aromatic carbocycles. The van der Waals surface area contributed by atoms with Gasteiger partial charge in [-0.05, 0) is 25.8 Å². The van der Waals surface area contributed by atoms with E-state index in [4.69, 9.17) is 5.73 Å². The van der Waals surface area contributed by atoms with Crippen molar-refractivity contribution in [1.29, 1.82) is 0 Å². The van der Waals surface area contributed by atoms with Crippen LogP contribution in [0.3, 0.4) is 0 Å². The molecule has 3 heteroatoms. The molecule has 1 aliphatic heterocycles. The van der Waals surface area contributed by atoms with Crippen molar-refractivity contribution in [2.45, 2.75) is 31.7 Å². The highest BCUT2D eigenvalue weighted by molar-refractivity contribution is 4.82. The second-order valence-electron chi connectivity index (χ2n) is 5.28. The maximum Gasteiger partial charge on any atom is 0.0343 e. The maximum atomic E-state index is 5.80. The van der Waals surface area contributed by atoms with Crippen LogP contribution in [0.25, 0.3) is 0 Å². The van der Waals surface area contributed by atoms with Crippen LogP contribution in [0.15, 0.2) is 0 Å². The Bertz CT molecular complexity index is 187. The third-order valence-corrected chi connectivity index (χ3v) is 4.12. The Balaban J connectivity index is 1.78. The van der Waals surface area contributed by atoms with E-state index in [0.29, 0.717) is 6.04 Å². The van der Waals surface area contributed by atoms with E-state index in [1.165, 1.54) is 51.9 Å². The molecule has 88 valence electrons. The fourth-order valence-electron chi connectivity index (χ4n) is 2.99. The van der Waals surface area contributed by atoms with Crippen LogP contribution in [0.4, 0.5) is 0 Å². The SMILES string of the molecule is CN1CCN(CC2CCCC2)CC1CN. The molecule has 2 fully saturated rings. The number of rotatable bonds is 3. The first-order chi connectivity index (χ1) is 7.29. The van der Waals surface area contributed by atoms with E-state index < -0.39 is 0 Å². The van der Waals surface area contributed by atoms with E-state index >= 15 is 0 Å². The lowest BCUT2D eigenvalue weighted by Crippen LogP contribution is -2.54. The topological polar surface area (TPSA) is 32.5 Å².